The molecule has 0 saturated carbocycles. The Labute approximate surface area is 97.9 Å². The van der Waals surface area contributed by atoms with E-state index in [1.807, 2.05) is 0 Å². The second kappa shape index (κ2) is 4.67. The second-order valence-electron chi connectivity index (χ2n) is 3.05. The quantitative estimate of drug-likeness (QED) is 0.780. The summed E-state index contributed by atoms with van der Waals surface area (Å²) in [4.78, 5) is 10.6. The van der Waals surface area contributed by atoms with Crippen molar-refractivity contribution < 1.29 is 9.90 Å². The maximum absolute atomic E-state index is 10.6. The summed E-state index contributed by atoms with van der Waals surface area (Å²) in [5, 5.41) is 12.6. The predicted octanol–water partition coefficient (Wildman–Crippen LogP) is 1.57. The lowest BCUT2D eigenvalue weighted by Crippen LogP contribution is -2.01. The molecule has 2 rings (SSSR count). The molecule has 0 radical (unpaired) electrons. The molecule has 1 aromatic carbocycles. The van der Waals surface area contributed by atoms with Crippen LogP contribution in [-0.2, 0) is 0 Å². The van der Waals surface area contributed by atoms with Crippen molar-refractivity contribution in [1.29, 1.82) is 0 Å². The highest BCUT2D eigenvalue weighted by Crippen LogP contribution is 2.11. The van der Waals surface area contributed by atoms with Crippen molar-refractivity contribution >= 4 is 24.1 Å². The van der Waals surface area contributed by atoms with Gasteiger partial charge in [-0.15, -0.1) is 12.4 Å². The third-order valence-corrected chi connectivity index (χ3v) is 1.94. The van der Waals surface area contributed by atoms with Crippen LogP contribution in [0.15, 0.2) is 36.5 Å². The number of hydrogen-bond acceptors (Lipinski definition) is 3. The summed E-state index contributed by atoms with van der Waals surface area (Å²) in [5.41, 5.74) is 6.97. The number of aromatic carboxylic acids is 1. The van der Waals surface area contributed by atoms with Crippen molar-refractivity contribution in [2.24, 2.45) is 0 Å². The van der Waals surface area contributed by atoms with Crippen molar-refractivity contribution in [3.63, 3.8) is 0 Å². The van der Waals surface area contributed by atoms with Gasteiger partial charge in [0.25, 0.3) is 0 Å². The summed E-state index contributed by atoms with van der Waals surface area (Å²) in [5.74, 6) is -1.04. The molecule has 5 nitrogen and oxygen atoms in total. The third kappa shape index (κ3) is 2.32. The molecule has 0 saturated heterocycles. The van der Waals surface area contributed by atoms with Gasteiger partial charge >= 0.3 is 5.97 Å². The number of halogens is 1. The van der Waals surface area contributed by atoms with Crippen LogP contribution < -0.4 is 5.73 Å². The first-order chi connectivity index (χ1) is 7.16. The van der Waals surface area contributed by atoms with Crippen LogP contribution in [0.2, 0.25) is 0 Å². The number of anilines is 1. The summed E-state index contributed by atoms with van der Waals surface area (Å²) in [6, 6.07) is 8.50. The van der Waals surface area contributed by atoms with E-state index >= 15 is 0 Å². The van der Waals surface area contributed by atoms with E-state index < -0.39 is 5.97 Å². The standard InChI is InChI=1S/C10H9N3O2.ClH/c11-7-2-1-3-8(6-7)13-5-4-9(12-13)10(14)15;/h1-6H,11H2,(H,14,15);1H. The van der Waals surface area contributed by atoms with Gasteiger partial charge in [0.05, 0.1) is 5.69 Å². The van der Waals surface area contributed by atoms with Crippen LogP contribution in [0.1, 0.15) is 10.5 Å². The predicted molar refractivity (Wildman–Crippen MR) is 62.2 cm³/mol. The molecule has 16 heavy (non-hydrogen) atoms. The van der Waals surface area contributed by atoms with Gasteiger partial charge in [-0.25, -0.2) is 9.48 Å². The van der Waals surface area contributed by atoms with E-state index in [1.165, 1.54) is 10.7 Å². The Bertz CT molecular complexity index is 510. The van der Waals surface area contributed by atoms with Crippen LogP contribution in [0.25, 0.3) is 5.69 Å². The first-order valence-corrected chi connectivity index (χ1v) is 4.32. The minimum Gasteiger partial charge on any atom is -0.476 e. The van der Waals surface area contributed by atoms with E-state index in [0.29, 0.717) is 5.69 Å². The average molecular weight is 240 g/mol. The van der Waals surface area contributed by atoms with Crippen LogP contribution in [0.5, 0.6) is 0 Å². The fraction of sp³-hybridized carbons (Fsp3) is 0. The van der Waals surface area contributed by atoms with E-state index in [1.54, 1.807) is 30.5 Å². The summed E-state index contributed by atoms with van der Waals surface area (Å²) < 4.78 is 1.47. The van der Waals surface area contributed by atoms with E-state index in [9.17, 15) is 4.79 Å². The molecule has 0 amide bonds. The molecular formula is C10H10ClN3O2. The Hall–Kier alpha value is -2.01. The van der Waals surface area contributed by atoms with E-state index in [2.05, 4.69) is 5.10 Å². The molecule has 1 heterocycles. The van der Waals surface area contributed by atoms with E-state index in [0.717, 1.165) is 5.69 Å². The second-order valence-corrected chi connectivity index (χ2v) is 3.05. The Kier molecular flexibility index (Phi) is 3.52. The highest BCUT2D eigenvalue weighted by atomic mass is 35.5. The number of rotatable bonds is 2. The van der Waals surface area contributed by atoms with Crippen LogP contribution in [0, 0.1) is 0 Å². The molecule has 0 aliphatic heterocycles. The zero-order valence-electron chi connectivity index (χ0n) is 8.20. The fourth-order valence-corrected chi connectivity index (χ4v) is 1.25. The first kappa shape index (κ1) is 12.1. The Morgan fingerprint density at radius 3 is 2.69 bits per heavy atom. The molecule has 84 valence electrons. The first-order valence-electron chi connectivity index (χ1n) is 4.32. The van der Waals surface area contributed by atoms with Gasteiger partial charge in [-0.3, -0.25) is 0 Å². The lowest BCUT2D eigenvalue weighted by molar-refractivity contribution is 0.0690. The number of carboxylic acids is 1. The summed E-state index contributed by atoms with van der Waals surface area (Å²) in [6.07, 6.45) is 1.58. The molecule has 1 aromatic heterocycles. The maximum atomic E-state index is 10.6. The highest BCUT2D eigenvalue weighted by molar-refractivity contribution is 5.85. The Morgan fingerprint density at radius 1 is 1.38 bits per heavy atom. The number of hydrogen-bond donors (Lipinski definition) is 2. The zero-order valence-corrected chi connectivity index (χ0v) is 9.02. The van der Waals surface area contributed by atoms with Crippen molar-refractivity contribution in [3.05, 3.63) is 42.2 Å². The fourth-order valence-electron chi connectivity index (χ4n) is 1.25. The minimum atomic E-state index is -1.04. The number of carbonyl (C=O) groups is 1. The number of benzene rings is 1. The van der Waals surface area contributed by atoms with Crippen molar-refractivity contribution in [3.8, 4) is 5.69 Å². The maximum Gasteiger partial charge on any atom is 0.356 e. The number of nitrogen functional groups attached to an aromatic ring is 1. The molecule has 0 spiro atoms. The van der Waals surface area contributed by atoms with Gasteiger partial charge in [0.15, 0.2) is 5.69 Å². The summed E-state index contributed by atoms with van der Waals surface area (Å²) in [6.45, 7) is 0. The molecule has 0 aliphatic carbocycles. The monoisotopic (exact) mass is 239 g/mol. The van der Waals surface area contributed by atoms with Gasteiger partial charge in [-0.2, -0.15) is 5.10 Å². The molecule has 0 unspecified atom stereocenters. The third-order valence-electron chi connectivity index (χ3n) is 1.94. The molecule has 3 N–H and O–H groups in total. The molecule has 0 bridgehead atoms. The van der Waals surface area contributed by atoms with Gasteiger partial charge in [0, 0.05) is 11.9 Å². The molecule has 0 fully saturated rings. The SMILES string of the molecule is Cl.Nc1cccc(-n2ccc(C(=O)O)n2)c1. The molecule has 6 heteroatoms. The average Bonchev–Trinajstić information content (AvgIpc) is 2.66. The highest BCUT2D eigenvalue weighted by Gasteiger charge is 2.07. The van der Waals surface area contributed by atoms with Gasteiger partial charge in [0.2, 0.25) is 0 Å². The largest absolute Gasteiger partial charge is 0.476 e. The van der Waals surface area contributed by atoms with Gasteiger partial charge < -0.3 is 10.8 Å². The smallest absolute Gasteiger partial charge is 0.356 e. The van der Waals surface area contributed by atoms with Gasteiger partial charge in [-0.05, 0) is 24.3 Å². The van der Waals surface area contributed by atoms with Crippen LogP contribution in [0.4, 0.5) is 5.69 Å². The van der Waals surface area contributed by atoms with Gasteiger partial charge in [0.1, 0.15) is 0 Å². The number of nitrogens with zero attached hydrogens (tertiary/aromatic N) is 2. The lowest BCUT2D eigenvalue weighted by atomic mass is 10.3. The van der Waals surface area contributed by atoms with Crippen LogP contribution in [-0.4, -0.2) is 20.9 Å². The Morgan fingerprint density at radius 2 is 2.12 bits per heavy atom. The lowest BCUT2D eigenvalue weighted by Gasteiger charge is -2.01. The summed E-state index contributed by atoms with van der Waals surface area (Å²) in [7, 11) is 0. The number of aromatic nitrogens is 2. The van der Waals surface area contributed by atoms with Crippen molar-refractivity contribution in [2.45, 2.75) is 0 Å². The topological polar surface area (TPSA) is 81.1 Å². The van der Waals surface area contributed by atoms with E-state index in [4.69, 9.17) is 10.8 Å². The van der Waals surface area contributed by atoms with Gasteiger partial charge in [-0.1, -0.05) is 6.07 Å². The van der Waals surface area contributed by atoms with E-state index in [-0.39, 0.29) is 18.1 Å². The molecule has 0 atom stereocenters. The number of carboxylic acid groups (broad SMARTS) is 1. The molecule has 2 aromatic rings. The molecule has 0 aliphatic rings. The van der Waals surface area contributed by atoms with Crippen molar-refractivity contribution in [1.82, 2.24) is 9.78 Å². The molecular weight excluding hydrogens is 230 g/mol. The Balaban J connectivity index is 0.00000128. The van der Waals surface area contributed by atoms with Crippen LogP contribution in [0.3, 0.4) is 0 Å². The normalized spacial score (nSPS) is 9.50. The minimum absolute atomic E-state index is 0. The summed E-state index contributed by atoms with van der Waals surface area (Å²) >= 11 is 0. The van der Waals surface area contributed by atoms with Crippen molar-refractivity contribution in [2.75, 3.05) is 5.73 Å². The van der Waals surface area contributed by atoms with Crippen LogP contribution >= 0.6 is 12.4 Å². The zero-order chi connectivity index (χ0) is 10.8. The number of nitrogens with two attached hydrogens (primary N) is 1.